The van der Waals surface area contributed by atoms with Crippen molar-refractivity contribution in [3.05, 3.63) is 23.8 Å². The Balaban J connectivity index is 1.58. The van der Waals surface area contributed by atoms with Gasteiger partial charge < -0.3 is 24.6 Å². The lowest BCUT2D eigenvalue weighted by Gasteiger charge is -2.21. The second-order valence-electron chi connectivity index (χ2n) is 5.45. The van der Waals surface area contributed by atoms with E-state index in [2.05, 4.69) is 4.90 Å². The van der Waals surface area contributed by atoms with Crippen LogP contribution >= 0.6 is 0 Å². The van der Waals surface area contributed by atoms with Crippen LogP contribution in [-0.4, -0.2) is 54.1 Å². The first-order chi connectivity index (χ1) is 9.72. The Morgan fingerprint density at radius 2 is 2.05 bits per heavy atom. The number of fused-ring (bicyclic) bond motifs is 1. The average molecular weight is 279 g/mol. The standard InChI is InChI=1S/C15H21NO4/c17-12-3-5-16(10-12)6-4-13(18)11-1-2-14-15(9-11)20-8-7-19-14/h1-2,9,12-13,17-18H,3-8,10H2/t12-,13-/m0/s1. The Morgan fingerprint density at radius 1 is 1.25 bits per heavy atom. The maximum absolute atomic E-state index is 10.3. The minimum absolute atomic E-state index is 0.207. The van der Waals surface area contributed by atoms with Crippen molar-refractivity contribution in [2.45, 2.75) is 25.0 Å². The lowest BCUT2D eigenvalue weighted by molar-refractivity contribution is 0.136. The molecule has 0 radical (unpaired) electrons. The average Bonchev–Trinajstić information content (AvgIpc) is 2.90. The first kappa shape index (κ1) is 13.7. The van der Waals surface area contributed by atoms with Gasteiger partial charge in [-0.3, -0.25) is 0 Å². The van der Waals surface area contributed by atoms with Gasteiger partial charge in [0, 0.05) is 19.6 Å². The number of likely N-dealkylation sites (tertiary alicyclic amines) is 1. The van der Waals surface area contributed by atoms with E-state index in [9.17, 15) is 10.2 Å². The smallest absolute Gasteiger partial charge is 0.161 e. The van der Waals surface area contributed by atoms with Gasteiger partial charge in [0.25, 0.3) is 0 Å². The summed E-state index contributed by atoms with van der Waals surface area (Å²) in [6, 6.07) is 5.60. The molecular formula is C15H21NO4. The molecule has 0 amide bonds. The van der Waals surface area contributed by atoms with Crippen LogP contribution in [0.15, 0.2) is 18.2 Å². The lowest BCUT2D eigenvalue weighted by atomic mass is 10.1. The SMILES string of the molecule is O[C@H]1CCN(CC[C@H](O)c2ccc3c(c2)OCCO3)C1. The highest BCUT2D eigenvalue weighted by molar-refractivity contribution is 5.44. The van der Waals surface area contributed by atoms with Crippen molar-refractivity contribution in [1.82, 2.24) is 4.90 Å². The number of hydrogen-bond donors (Lipinski definition) is 2. The van der Waals surface area contributed by atoms with E-state index in [1.165, 1.54) is 0 Å². The third-order valence-electron chi connectivity index (χ3n) is 3.92. The molecule has 110 valence electrons. The van der Waals surface area contributed by atoms with Crippen LogP contribution in [-0.2, 0) is 0 Å². The third kappa shape index (κ3) is 3.06. The van der Waals surface area contributed by atoms with Gasteiger partial charge in [-0.15, -0.1) is 0 Å². The summed E-state index contributed by atoms with van der Waals surface area (Å²) in [4.78, 5) is 2.19. The summed E-state index contributed by atoms with van der Waals surface area (Å²) in [5, 5.41) is 19.7. The molecule has 1 fully saturated rings. The first-order valence-corrected chi connectivity index (χ1v) is 7.20. The maximum atomic E-state index is 10.3. The molecule has 5 nitrogen and oxygen atoms in total. The molecule has 1 saturated heterocycles. The highest BCUT2D eigenvalue weighted by Crippen LogP contribution is 2.33. The monoisotopic (exact) mass is 279 g/mol. The summed E-state index contributed by atoms with van der Waals surface area (Å²) in [5.74, 6) is 1.46. The van der Waals surface area contributed by atoms with Crippen molar-refractivity contribution in [1.29, 1.82) is 0 Å². The van der Waals surface area contributed by atoms with E-state index in [4.69, 9.17) is 9.47 Å². The Bertz CT molecular complexity index is 465. The lowest BCUT2D eigenvalue weighted by Crippen LogP contribution is -2.24. The zero-order chi connectivity index (χ0) is 13.9. The van der Waals surface area contributed by atoms with Crippen LogP contribution in [0.1, 0.15) is 24.5 Å². The van der Waals surface area contributed by atoms with E-state index in [0.29, 0.717) is 31.9 Å². The quantitative estimate of drug-likeness (QED) is 0.859. The number of hydrogen-bond acceptors (Lipinski definition) is 5. The number of aliphatic hydroxyl groups excluding tert-OH is 2. The molecule has 0 bridgehead atoms. The van der Waals surface area contributed by atoms with E-state index >= 15 is 0 Å². The van der Waals surface area contributed by atoms with Gasteiger partial charge in [-0.1, -0.05) is 6.07 Å². The minimum Gasteiger partial charge on any atom is -0.486 e. The van der Waals surface area contributed by atoms with Crippen molar-refractivity contribution in [2.24, 2.45) is 0 Å². The molecule has 20 heavy (non-hydrogen) atoms. The summed E-state index contributed by atoms with van der Waals surface area (Å²) in [5.41, 5.74) is 0.856. The highest BCUT2D eigenvalue weighted by Gasteiger charge is 2.21. The Morgan fingerprint density at radius 3 is 2.80 bits per heavy atom. The molecule has 0 spiro atoms. The van der Waals surface area contributed by atoms with Gasteiger partial charge in [-0.2, -0.15) is 0 Å². The van der Waals surface area contributed by atoms with Crippen molar-refractivity contribution >= 4 is 0 Å². The molecule has 3 rings (SSSR count). The van der Waals surface area contributed by atoms with Gasteiger partial charge in [0.15, 0.2) is 11.5 Å². The molecule has 0 aliphatic carbocycles. The zero-order valence-electron chi connectivity index (χ0n) is 11.5. The summed E-state index contributed by atoms with van der Waals surface area (Å²) in [7, 11) is 0. The van der Waals surface area contributed by atoms with Crippen LogP contribution in [0.5, 0.6) is 11.5 Å². The fourth-order valence-corrected chi connectivity index (χ4v) is 2.75. The second kappa shape index (κ2) is 5.99. The van der Waals surface area contributed by atoms with E-state index in [0.717, 1.165) is 30.8 Å². The maximum Gasteiger partial charge on any atom is 0.161 e. The van der Waals surface area contributed by atoms with Crippen LogP contribution in [0.4, 0.5) is 0 Å². The van der Waals surface area contributed by atoms with Crippen LogP contribution in [0.2, 0.25) is 0 Å². The van der Waals surface area contributed by atoms with E-state index in [-0.39, 0.29) is 6.10 Å². The van der Waals surface area contributed by atoms with Crippen LogP contribution < -0.4 is 9.47 Å². The topological polar surface area (TPSA) is 62.2 Å². The van der Waals surface area contributed by atoms with Gasteiger partial charge in [-0.25, -0.2) is 0 Å². The fourth-order valence-electron chi connectivity index (χ4n) is 2.75. The van der Waals surface area contributed by atoms with E-state index < -0.39 is 6.10 Å². The molecule has 2 aliphatic heterocycles. The predicted octanol–water partition coefficient (Wildman–Crippen LogP) is 0.948. The number of rotatable bonds is 4. The van der Waals surface area contributed by atoms with Crippen molar-refractivity contribution in [2.75, 3.05) is 32.8 Å². The van der Waals surface area contributed by atoms with Gasteiger partial charge in [0.1, 0.15) is 13.2 Å². The zero-order valence-corrected chi connectivity index (χ0v) is 11.5. The third-order valence-corrected chi connectivity index (χ3v) is 3.92. The molecule has 1 aromatic rings. The summed E-state index contributed by atoms with van der Waals surface area (Å²) in [6.07, 6.45) is 0.775. The fraction of sp³-hybridized carbons (Fsp3) is 0.600. The molecule has 2 atom stereocenters. The predicted molar refractivity (Wildman–Crippen MR) is 74.1 cm³/mol. The minimum atomic E-state index is -0.511. The molecular weight excluding hydrogens is 258 g/mol. The second-order valence-corrected chi connectivity index (χ2v) is 5.45. The Hall–Kier alpha value is -1.30. The molecule has 0 aromatic heterocycles. The Labute approximate surface area is 118 Å². The van der Waals surface area contributed by atoms with Crippen LogP contribution in [0.3, 0.4) is 0 Å². The molecule has 1 aromatic carbocycles. The molecule has 0 saturated carbocycles. The van der Waals surface area contributed by atoms with Gasteiger partial charge in [0.2, 0.25) is 0 Å². The van der Waals surface area contributed by atoms with Crippen molar-refractivity contribution in [3.8, 4) is 11.5 Å². The number of aliphatic hydroxyl groups is 2. The first-order valence-electron chi connectivity index (χ1n) is 7.20. The number of ether oxygens (including phenoxy) is 2. The molecule has 2 heterocycles. The molecule has 2 aliphatic rings. The van der Waals surface area contributed by atoms with Crippen LogP contribution in [0, 0.1) is 0 Å². The Kier molecular flexibility index (Phi) is 4.10. The number of benzene rings is 1. The van der Waals surface area contributed by atoms with Gasteiger partial charge >= 0.3 is 0 Å². The molecule has 0 unspecified atom stereocenters. The largest absolute Gasteiger partial charge is 0.486 e. The normalized spacial score (nSPS) is 23.8. The summed E-state index contributed by atoms with van der Waals surface area (Å²) in [6.45, 7) is 3.56. The molecule has 5 heteroatoms. The number of nitrogens with zero attached hydrogens (tertiary/aromatic N) is 1. The molecule has 2 N–H and O–H groups in total. The summed E-state index contributed by atoms with van der Waals surface area (Å²) >= 11 is 0. The van der Waals surface area contributed by atoms with Gasteiger partial charge in [-0.05, 0) is 30.5 Å². The number of β-amino-alcohol motifs (C(OH)–C–C–N with tert-alkyl or cyclic N) is 1. The van der Waals surface area contributed by atoms with Crippen molar-refractivity contribution in [3.63, 3.8) is 0 Å². The summed E-state index contributed by atoms with van der Waals surface area (Å²) < 4.78 is 11.0. The van der Waals surface area contributed by atoms with Gasteiger partial charge in [0.05, 0.1) is 12.2 Å². The van der Waals surface area contributed by atoms with Crippen LogP contribution in [0.25, 0.3) is 0 Å². The highest BCUT2D eigenvalue weighted by atomic mass is 16.6. The van der Waals surface area contributed by atoms with Crippen molar-refractivity contribution < 1.29 is 19.7 Å². The van der Waals surface area contributed by atoms with E-state index in [1.54, 1.807) is 0 Å². The van der Waals surface area contributed by atoms with E-state index in [1.807, 2.05) is 18.2 Å².